The van der Waals surface area contributed by atoms with Crippen molar-refractivity contribution in [3.05, 3.63) is 63.8 Å². The maximum atomic E-state index is 12.3. The summed E-state index contributed by atoms with van der Waals surface area (Å²) in [6.07, 6.45) is 1.76. The summed E-state index contributed by atoms with van der Waals surface area (Å²) in [4.78, 5) is 26.9. The molecular formula is C18H20ClN3O2S. The highest BCUT2D eigenvalue weighted by molar-refractivity contribution is 7.16. The van der Waals surface area contributed by atoms with Crippen molar-refractivity contribution in [1.82, 2.24) is 10.2 Å². The Bertz CT molecular complexity index is 743. The first kappa shape index (κ1) is 19.2. The van der Waals surface area contributed by atoms with Crippen molar-refractivity contribution in [2.75, 3.05) is 25.5 Å². The third kappa shape index (κ3) is 6.01. The van der Waals surface area contributed by atoms with Crippen LogP contribution in [0.4, 0.5) is 5.69 Å². The van der Waals surface area contributed by atoms with Crippen LogP contribution in [0.15, 0.2) is 49.1 Å². The molecule has 0 saturated carbocycles. The van der Waals surface area contributed by atoms with Gasteiger partial charge in [-0.1, -0.05) is 17.7 Å². The number of hydrogen-bond acceptors (Lipinski definition) is 4. The summed E-state index contributed by atoms with van der Waals surface area (Å²) >= 11 is 7.45. The van der Waals surface area contributed by atoms with Crippen LogP contribution < -0.4 is 10.6 Å². The average molecular weight is 378 g/mol. The number of anilines is 1. The lowest BCUT2D eigenvalue weighted by Gasteiger charge is -2.19. The predicted octanol–water partition coefficient (Wildman–Crippen LogP) is 3.39. The largest absolute Gasteiger partial charge is 0.355 e. The molecule has 0 spiro atoms. The Morgan fingerprint density at radius 1 is 1.24 bits per heavy atom. The van der Waals surface area contributed by atoms with E-state index in [1.807, 2.05) is 17.0 Å². The summed E-state index contributed by atoms with van der Waals surface area (Å²) in [5.41, 5.74) is 1.19. The fraction of sp³-hybridized carbons (Fsp3) is 0.222. The summed E-state index contributed by atoms with van der Waals surface area (Å²) in [6.45, 7) is 5.20. The molecule has 0 saturated heterocycles. The zero-order chi connectivity index (χ0) is 18.2. The third-order valence-corrected chi connectivity index (χ3v) is 4.64. The second-order valence-electron chi connectivity index (χ2n) is 5.37. The quantitative estimate of drug-likeness (QED) is 0.693. The van der Waals surface area contributed by atoms with Gasteiger partial charge in [-0.2, -0.15) is 0 Å². The number of rotatable bonds is 8. The lowest BCUT2D eigenvalue weighted by atomic mass is 10.2. The first-order valence-electron chi connectivity index (χ1n) is 7.71. The predicted molar refractivity (Wildman–Crippen MR) is 103 cm³/mol. The van der Waals surface area contributed by atoms with Crippen LogP contribution in [0.3, 0.4) is 0 Å². The number of benzene rings is 1. The van der Waals surface area contributed by atoms with E-state index in [0.29, 0.717) is 24.3 Å². The number of hydrogen-bond donors (Lipinski definition) is 2. The van der Waals surface area contributed by atoms with Gasteiger partial charge < -0.3 is 10.6 Å². The lowest BCUT2D eigenvalue weighted by Crippen LogP contribution is -2.32. The first-order valence-corrected chi connectivity index (χ1v) is 8.90. The van der Waals surface area contributed by atoms with Gasteiger partial charge in [-0.25, -0.2) is 0 Å². The Hall–Kier alpha value is -2.15. The van der Waals surface area contributed by atoms with Crippen molar-refractivity contribution in [3.8, 4) is 0 Å². The van der Waals surface area contributed by atoms with Gasteiger partial charge in [0, 0.05) is 36.3 Å². The van der Waals surface area contributed by atoms with Crippen molar-refractivity contribution in [2.24, 2.45) is 0 Å². The molecule has 0 bridgehead atoms. The smallest absolute Gasteiger partial charge is 0.251 e. The van der Waals surface area contributed by atoms with Gasteiger partial charge in [-0.3, -0.25) is 14.5 Å². The minimum Gasteiger partial charge on any atom is -0.355 e. The SMILES string of the molecule is C=CCN(CC(=O)Nc1ccc(C(=O)NC)cc1)Cc1ccc(Cl)s1. The van der Waals surface area contributed by atoms with E-state index in [2.05, 4.69) is 17.2 Å². The molecule has 0 unspecified atom stereocenters. The molecule has 0 aliphatic rings. The molecule has 2 rings (SSSR count). The molecule has 1 aromatic heterocycles. The van der Waals surface area contributed by atoms with Crippen molar-refractivity contribution < 1.29 is 9.59 Å². The topological polar surface area (TPSA) is 61.4 Å². The molecule has 0 aliphatic heterocycles. The minimum atomic E-state index is -0.162. The Morgan fingerprint density at radius 3 is 2.52 bits per heavy atom. The molecule has 2 N–H and O–H groups in total. The number of amides is 2. The minimum absolute atomic E-state index is 0.128. The summed E-state index contributed by atoms with van der Waals surface area (Å²) < 4.78 is 0.731. The lowest BCUT2D eigenvalue weighted by molar-refractivity contribution is -0.117. The van der Waals surface area contributed by atoms with Gasteiger partial charge in [0.1, 0.15) is 0 Å². The third-order valence-electron chi connectivity index (χ3n) is 3.42. The molecule has 0 radical (unpaired) electrons. The number of thiophene rings is 1. The second kappa shape index (κ2) is 9.36. The van der Waals surface area contributed by atoms with Crippen molar-refractivity contribution in [3.63, 3.8) is 0 Å². The van der Waals surface area contributed by atoms with E-state index in [1.54, 1.807) is 37.4 Å². The zero-order valence-electron chi connectivity index (χ0n) is 13.9. The van der Waals surface area contributed by atoms with E-state index >= 15 is 0 Å². The number of nitrogens with one attached hydrogen (secondary N) is 2. The maximum absolute atomic E-state index is 12.3. The first-order chi connectivity index (χ1) is 12.0. The Labute approximate surface area is 156 Å². The van der Waals surface area contributed by atoms with Gasteiger partial charge in [0.2, 0.25) is 5.91 Å². The molecule has 7 heteroatoms. The molecule has 0 fully saturated rings. The maximum Gasteiger partial charge on any atom is 0.251 e. The average Bonchev–Trinajstić information content (AvgIpc) is 2.99. The molecule has 0 aliphatic carbocycles. The van der Waals surface area contributed by atoms with Crippen LogP contribution in [0.1, 0.15) is 15.2 Å². The van der Waals surface area contributed by atoms with Crippen LogP contribution >= 0.6 is 22.9 Å². The van der Waals surface area contributed by atoms with E-state index in [9.17, 15) is 9.59 Å². The van der Waals surface area contributed by atoms with Crippen molar-refractivity contribution in [1.29, 1.82) is 0 Å². The molecule has 2 amide bonds. The molecule has 1 aromatic carbocycles. The number of carbonyl (C=O) groups is 2. The molecule has 1 heterocycles. The van der Waals surface area contributed by atoms with E-state index in [0.717, 1.165) is 9.21 Å². The molecule has 0 atom stereocenters. The van der Waals surface area contributed by atoms with E-state index in [4.69, 9.17) is 11.6 Å². The highest BCUT2D eigenvalue weighted by Crippen LogP contribution is 2.22. The molecule has 2 aromatic rings. The fourth-order valence-corrected chi connectivity index (χ4v) is 3.41. The Balaban J connectivity index is 1.93. The van der Waals surface area contributed by atoms with Gasteiger partial charge in [0.05, 0.1) is 10.9 Å². The van der Waals surface area contributed by atoms with Gasteiger partial charge in [-0.15, -0.1) is 17.9 Å². The van der Waals surface area contributed by atoms with Crippen LogP contribution in [0.5, 0.6) is 0 Å². The van der Waals surface area contributed by atoms with Crippen molar-refractivity contribution >= 4 is 40.4 Å². The highest BCUT2D eigenvalue weighted by Gasteiger charge is 2.12. The Morgan fingerprint density at radius 2 is 1.96 bits per heavy atom. The van der Waals surface area contributed by atoms with E-state index < -0.39 is 0 Å². The van der Waals surface area contributed by atoms with Crippen LogP contribution in [-0.2, 0) is 11.3 Å². The summed E-state index contributed by atoms with van der Waals surface area (Å²) in [5.74, 6) is -0.290. The van der Waals surface area contributed by atoms with E-state index in [-0.39, 0.29) is 18.4 Å². The number of carbonyl (C=O) groups excluding carboxylic acids is 2. The molecular weight excluding hydrogens is 358 g/mol. The standard InChI is InChI=1S/C18H20ClN3O2S/c1-3-10-22(11-15-8-9-16(19)25-15)12-17(23)21-14-6-4-13(5-7-14)18(24)20-2/h3-9H,1,10-12H2,2H3,(H,20,24)(H,21,23). The summed E-state index contributed by atoms with van der Waals surface area (Å²) in [7, 11) is 1.58. The van der Waals surface area contributed by atoms with E-state index in [1.165, 1.54) is 11.3 Å². The summed E-state index contributed by atoms with van der Waals surface area (Å²) in [6, 6.07) is 10.6. The Kier molecular flexibility index (Phi) is 7.18. The molecule has 5 nitrogen and oxygen atoms in total. The number of halogens is 1. The monoisotopic (exact) mass is 377 g/mol. The number of nitrogens with zero attached hydrogens (tertiary/aromatic N) is 1. The van der Waals surface area contributed by atoms with Gasteiger partial charge in [0.15, 0.2) is 0 Å². The fourth-order valence-electron chi connectivity index (χ4n) is 2.28. The molecule has 25 heavy (non-hydrogen) atoms. The van der Waals surface area contributed by atoms with Crippen LogP contribution in [0.2, 0.25) is 4.34 Å². The van der Waals surface area contributed by atoms with Crippen LogP contribution in [0.25, 0.3) is 0 Å². The summed E-state index contributed by atoms with van der Waals surface area (Å²) in [5, 5.41) is 5.39. The van der Waals surface area contributed by atoms with Crippen LogP contribution in [-0.4, -0.2) is 36.9 Å². The van der Waals surface area contributed by atoms with Gasteiger partial charge in [0.25, 0.3) is 5.91 Å². The second-order valence-corrected chi connectivity index (χ2v) is 7.17. The highest BCUT2D eigenvalue weighted by atomic mass is 35.5. The van der Waals surface area contributed by atoms with Gasteiger partial charge >= 0.3 is 0 Å². The van der Waals surface area contributed by atoms with Crippen molar-refractivity contribution in [2.45, 2.75) is 6.54 Å². The zero-order valence-corrected chi connectivity index (χ0v) is 15.5. The molecule has 132 valence electrons. The normalized spacial score (nSPS) is 10.5. The van der Waals surface area contributed by atoms with Crippen LogP contribution in [0, 0.1) is 0 Å². The van der Waals surface area contributed by atoms with Gasteiger partial charge in [-0.05, 0) is 36.4 Å².